The molecule has 0 aliphatic carbocycles. The Morgan fingerprint density at radius 2 is 2.04 bits per heavy atom. The fourth-order valence-electron chi connectivity index (χ4n) is 4.00. The van der Waals surface area contributed by atoms with E-state index in [2.05, 4.69) is 21.9 Å². The van der Waals surface area contributed by atoms with Crippen LogP contribution in [0.5, 0.6) is 0 Å². The molecule has 2 fully saturated rings. The first-order valence-electron chi connectivity index (χ1n) is 9.69. The number of morpholine rings is 1. The summed E-state index contributed by atoms with van der Waals surface area (Å²) in [6.07, 6.45) is 8.97. The van der Waals surface area contributed by atoms with Crippen LogP contribution >= 0.6 is 0 Å². The third-order valence-corrected chi connectivity index (χ3v) is 5.55. The molecule has 2 saturated heterocycles. The number of carbonyl (C=O) groups excluding carboxylic acids is 1. The monoisotopic (exact) mass is 369 g/mol. The lowest BCUT2D eigenvalue weighted by Gasteiger charge is -2.41. The van der Waals surface area contributed by atoms with Crippen LogP contribution in [0.3, 0.4) is 0 Å². The fourth-order valence-corrected chi connectivity index (χ4v) is 4.00. The van der Waals surface area contributed by atoms with E-state index in [-0.39, 0.29) is 5.91 Å². The van der Waals surface area contributed by atoms with Gasteiger partial charge < -0.3 is 14.5 Å². The lowest BCUT2D eigenvalue weighted by atomic mass is 9.96. The van der Waals surface area contributed by atoms with E-state index in [4.69, 9.17) is 4.74 Å². The van der Waals surface area contributed by atoms with Crippen LogP contribution < -0.4 is 4.90 Å². The van der Waals surface area contributed by atoms with Crippen molar-refractivity contribution in [3.8, 4) is 0 Å². The summed E-state index contributed by atoms with van der Waals surface area (Å²) in [6, 6.07) is 3.75. The van der Waals surface area contributed by atoms with Crippen LogP contribution in [0.25, 0.3) is 0 Å². The quantitative estimate of drug-likeness (QED) is 0.830. The molecule has 0 aromatic carbocycles. The van der Waals surface area contributed by atoms with Gasteiger partial charge in [0.2, 0.25) is 0 Å². The number of amides is 1. The van der Waals surface area contributed by atoms with Crippen LogP contribution in [-0.4, -0.2) is 58.4 Å². The maximum Gasteiger partial charge on any atom is 0.257 e. The first-order valence-corrected chi connectivity index (χ1v) is 9.69. The predicted molar refractivity (Wildman–Crippen MR) is 103 cm³/mol. The molecule has 2 aliphatic heterocycles. The van der Waals surface area contributed by atoms with Gasteiger partial charge in [-0.1, -0.05) is 0 Å². The number of anilines is 1. The molecule has 27 heavy (non-hydrogen) atoms. The van der Waals surface area contributed by atoms with Crippen molar-refractivity contribution >= 4 is 11.7 Å². The first kappa shape index (κ1) is 18.0. The average Bonchev–Trinajstić information content (AvgIpc) is 3.15. The minimum atomic E-state index is -0.477. The molecule has 0 bridgehead atoms. The van der Waals surface area contributed by atoms with Gasteiger partial charge in [0.1, 0.15) is 11.4 Å². The topological polar surface area (TPSA) is 63.5 Å². The number of ether oxygens (including phenoxy) is 1. The Labute approximate surface area is 159 Å². The van der Waals surface area contributed by atoms with Crippen LogP contribution in [0, 0.1) is 0 Å². The molecule has 2 aromatic heterocycles. The number of carbonyl (C=O) groups is 1. The van der Waals surface area contributed by atoms with Crippen LogP contribution in [-0.2, 0) is 17.4 Å². The third kappa shape index (κ3) is 3.56. The van der Waals surface area contributed by atoms with E-state index < -0.39 is 5.60 Å². The molecular formula is C20H27N5O2. The van der Waals surface area contributed by atoms with Crippen LogP contribution in [0.2, 0.25) is 0 Å². The number of pyridine rings is 1. The largest absolute Gasteiger partial charge is 0.367 e. The molecule has 7 heteroatoms. The molecule has 0 saturated carbocycles. The van der Waals surface area contributed by atoms with Crippen molar-refractivity contribution in [1.82, 2.24) is 19.7 Å². The number of likely N-dealkylation sites (tertiary alicyclic amines) is 1. The van der Waals surface area contributed by atoms with E-state index in [0.717, 1.165) is 37.3 Å². The number of hydrogen-bond donors (Lipinski definition) is 0. The average molecular weight is 369 g/mol. The smallest absolute Gasteiger partial charge is 0.257 e. The number of rotatable bonds is 3. The Balaban J connectivity index is 1.60. The summed E-state index contributed by atoms with van der Waals surface area (Å²) in [4.78, 5) is 21.8. The van der Waals surface area contributed by atoms with Crippen molar-refractivity contribution in [2.45, 2.75) is 31.8 Å². The van der Waals surface area contributed by atoms with Gasteiger partial charge in [-0.05, 0) is 38.3 Å². The molecule has 2 aromatic rings. The van der Waals surface area contributed by atoms with E-state index in [1.54, 1.807) is 10.9 Å². The molecule has 0 spiro atoms. The highest BCUT2D eigenvalue weighted by molar-refractivity contribution is 5.99. The van der Waals surface area contributed by atoms with Crippen molar-refractivity contribution in [1.29, 1.82) is 0 Å². The highest BCUT2D eigenvalue weighted by Crippen LogP contribution is 2.32. The van der Waals surface area contributed by atoms with E-state index in [1.807, 2.05) is 36.5 Å². The summed E-state index contributed by atoms with van der Waals surface area (Å²) in [5.41, 5.74) is 1.25. The molecule has 7 nitrogen and oxygen atoms in total. The summed E-state index contributed by atoms with van der Waals surface area (Å²) >= 11 is 0. The van der Waals surface area contributed by atoms with Crippen LogP contribution in [0.1, 0.15) is 42.1 Å². The summed E-state index contributed by atoms with van der Waals surface area (Å²) in [5, 5.41) is 4.28. The molecule has 4 heterocycles. The van der Waals surface area contributed by atoms with Gasteiger partial charge >= 0.3 is 0 Å². The molecule has 144 valence electrons. The van der Waals surface area contributed by atoms with Gasteiger partial charge in [0.15, 0.2) is 0 Å². The van der Waals surface area contributed by atoms with Crippen LogP contribution in [0.4, 0.5) is 5.82 Å². The Bertz CT molecular complexity index is 814. The Kier molecular flexibility index (Phi) is 4.86. The summed E-state index contributed by atoms with van der Waals surface area (Å²) < 4.78 is 7.90. The standard InChI is InChI=1S/C20H27N5O2/c1-20(16-13-22-23(2)14-16)15-25(11-12-27-20)18-17(7-6-8-21-18)19(26)24-9-4-3-5-10-24/h6-8,13-14H,3-5,9-12,15H2,1-2H3. The summed E-state index contributed by atoms with van der Waals surface area (Å²) in [7, 11) is 1.90. The number of hydrogen-bond acceptors (Lipinski definition) is 5. The number of piperidine rings is 1. The van der Waals surface area contributed by atoms with Gasteiger partial charge in [-0.15, -0.1) is 0 Å². The zero-order valence-corrected chi connectivity index (χ0v) is 16.1. The second kappa shape index (κ2) is 7.31. The van der Waals surface area contributed by atoms with Gasteiger partial charge in [0, 0.05) is 44.6 Å². The Morgan fingerprint density at radius 1 is 1.22 bits per heavy atom. The fraction of sp³-hybridized carbons (Fsp3) is 0.550. The van der Waals surface area contributed by atoms with Gasteiger partial charge in [0.05, 0.1) is 24.9 Å². The minimum Gasteiger partial charge on any atom is -0.367 e. The highest BCUT2D eigenvalue weighted by Gasteiger charge is 2.37. The predicted octanol–water partition coefficient (Wildman–Crippen LogP) is 2.19. The lowest BCUT2D eigenvalue weighted by Crippen LogP contribution is -2.49. The van der Waals surface area contributed by atoms with Crippen molar-refractivity contribution < 1.29 is 9.53 Å². The SMILES string of the molecule is Cn1cc(C2(C)CN(c3ncccc3C(=O)N3CCCCC3)CCO2)cn1. The minimum absolute atomic E-state index is 0.0902. The van der Waals surface area contributed by atoms with Crippen molar-refractivity contribution in [2.24, 2.45) is 7.05 Å². The second-order valence-electron chi connectivity index (χ2n) is 7.63. The summed E-state index contributed by atoms with van der Waals surface area (Å²) in [5.74, 6) is 0.846. The molecule has 0 N–H and O–H groups in total. The molecular weight excluding hydrogens is 342 g/mol. The first-order chi connectivity index (χ1) is 13.1. The Hall–Kier alpha value is -2.41. The highest BCUT2D eigenvalue weighted by atomic mass is 16.5. The van der Waals surface area contributed by atoms with E-state index in [0.29, 0.717) is 25.3 Å². The second-order valence-corrected chi connectivity index (χ2v) is 7.63. The van der Waals surface area contributed by atoms with Gasteiger partial charge in [-0.2, -0.15) is 5.10 Å². The van der Waals surface area contributed by atoms with Crippen molar-refractivity contribution in [2.75, 3.05) is 37.7 Å². The third-order valence-electron chi connectivity index (χ3n) is 5.55. The molecule has 1 amide bonds. The van der Waals surface area contributed by atoms with Gasteiger partial charge in [-0.3, -0.25) is 9.48 Å². The van der Waals surface area contributed by atoms with E-state index in [1.165, 1.54) is 6.42 Å². The van der Waals surface area contributed by atoms with Gasteiger partial charge in [0.25, 0.3) is 5.91 Å². The number of nitrogens with zero attached hydrogens (tertiary/aromatic N) is 5. The zero-order chi connectivity index (χ0) is 18.9. The summed E-state index contributed by atoms with van der Waals surface area (Å²) in [6.45, 7) is 5.68. The normalized spacial score (nSPS) is 23.5. The molecule has 0 radical (unpaired) electrons. The number of aromatic nitrogens is 3. The number of aryl methyl sites for hydroxylation is 1. The van der Waals surface area contributed by atoms with Gasteiger partial charge in [-0.25, -0.2) is 4.98 Å². The van der Waals surface area contributed by atoms with E-state index in [9.17, 15) is 4.79 Å². The zero-order valence-electron chi connectivity index (χ0n) is 16.1. The molecule has 4 rings (SSSR count). The van der Waals surface area contributed by atoms with Crippen LogP contribution in [0.15, 0.2) is 30.7 Å². The molecule has 2 aliphatic rings. The lowest BCUT2D eigenvalue weighted by molar-refractivity contribution is -0.0468. The van der Waals surface area contributed by atoms with Crippen molar-refractivity contribution in [3.63, 3.8) is 0 Å². The van der Waals surface area contributed by atoms with E-state index >= 15 is 0 Å². The maximum atomic E-state index is 13.1. The maximum absolute atomic E-state index is 13.1. The molecule has 1 unspecified atom stereocenters. The van der Waals surface area contributed by atoms with Crippen molar-refractivity contribution in [3.05, 3.63) is 41.9 Å². The Morgan fingerprint density at radius 3 is 2.78 bits per heavy atom. The molecule has 1 atom stereocenters.